The minimum absolute atomic E-state index is 0.111. The van der Waals surface area contributed by atoms with Gasteiger partial charge in [0.1, 0.15) is 6.61 Å². The molecule has 0 fully saturated rings. The predicted octanol–water partition coefficient (Wildman–Crippen LogP) is 3.02. The first-order chi connectivity index (χ1) is 12.2. The van der Waals surface area contributed by atoms with Gasteiger partial charge in [-0.1, -0.05) is 30.3 Å². The number of hydrogen-bond donors (Lipinski definition) is 0. The lowest BCUT2D eigenvalue weighted by molar-refractivity contribution is -0.130. The van der Waals surface area contributed by atoms with E-state index in [1.807, 2.05) is 31.3 Å². The Hall–Kier alpha value is -2.49. The summed E-state index contributed by atoms with van der Waals surface area (Å²) in [5, 5.41) is 0. The van der Waals surface area contributed by atoms with Gasteiger partial charge in [0.2, 0.25) is 5.91 Å². The van der Waals surface area contributed by atoms with Crippen LogP contribution in [0.1, 0.15) is 23.1 Å². The number of hydrogen-bond acceptors (Lipinski definition) is 3. The van der Waals surface area contributed by atoms with Gasteiger partial charge in [0, 0.05) is 7.05 Å². The first-order valence-electron chi connectivity index (χ1n) is 8.92. The second-order valence-electron chi connectivity index (χ2n) is 6.91. The van der Waals surface area contributed by atoms with Crippen molar-refractivity contribution < 1.29 is 14.3 Å². The molecule has 4 rings (SSSR count). The Morgan fingerprint density at radius 2 is 1.92 bits per heavy atom. The minimum Gasteiger partial charge on any atom is -0.486 e. The number of aryl methyl sites for hydroxylation is 2. The molecular formula is C21H23NO3. The van der Waals surface area contributed by atoms with Crippen molar-refractivity contribution in [2.24, 2.45) is 0 Å². The van der Waals surface area contributed by atoms with Crippen LogP contribution >= 0.6 is 0 Å². The number of fused-ring (bicyclic) bond motifs is 2. The van der Waals surface area contributed by atoms with Crippen molar-refractivity contribution in [3.63, 3.8) is 0 Å². The number of amides is 1. The number of nitrogens with zero attached hydrogens (tertiary/aromatic N) is 1. The molecule has 0 radical (unpaired) electrons. The topological polar surface area (TPSA) is 38.8 Å². The van der Waals surface area contributed by atoms with Crippen LogP contribution in [0.4, 0.5) is 0 Å². The summed E-state index contributed by atoms with van der Waals surface area (Å²) in [6, 6.07) is 14.1. The molecule has 0 saturated carbocycles. The van der Waals surface area contributed by atoms with Gasteiger partial charge in [0.25, 0.3) is 0 Å². The van der Waals surface area contributed by atoms with Crippen molar-refractivity contribution in [3.05, 3.63) is 59.2 Å². The minimum atomic E-state index is -0.135. The van der Waals surface area contributed by atoms with E-state index in [2.05, 4.69) is 18.2 Å². The molecule has 1 amide bonds. The Morgan fingerprint density at radius 3 is 2.80 bits per heavy atom. The number of rotatable bonds is 4. The van der Waals surface area contributed by atoms with E-state index in [-0.39, 0.29) is 12.0 Å². The van der Waals surface area contributed by atoms with Crippen molar-refractivity contribution in [3.8, 4) is 11.5 Å². The van der Waals surface area contributed by atoms with Gasteiger partial charge in [-0.3, -0.25) is 4.79 Å². The standard InChI is InChI=1S/C21H23NO3/c1-22(13-18-14-24-19-7-2-3-8-20(19)25-18)21(23)12-15-9-10-16-5-4-6-17(16)11-15/h2-3,7-11,18H,4-6,12-14H2,1H3/t18-/m0/s1. The third-order valence-corrected chi connectivity index (χ3v) is 4.99. The Labute approximate surface area is 148 Å². The van der Waals surface area contributed by atoms with Gasteiger partial charge < -0.3 is 14.4 Å². The third kappa shape index (κ3) is 3.48. The highest BCUT2D eigenvalue weighted by Crippen LogP contribution is 2.31. The lowest BCUT2D eigenvalue weighted by atomic mass is 10.0. The van der Waals surface area contributed by atoms with Crippen LogP contribution in [0.3, 0.4) is 0 Å². The largest absolute Gasteiger partial charge is 0.486 e. The number of benzene rings is 2. The molecule has 0 N–H and O–H groups in total. The normalized spacial score (nSPS) is 17.9. The zero-order valence-electron chi connectivity index (χ0n) is 14.5. The molecule has 0 spiro atoms. The van der Waals surface area contributed by atoms with Crippen LogP contribution in [0.25, 0.3) is 0 Å². The molecule has 0 saturated heterocycles. The Bertz CT molecular complexity index is 786. The van der Waals surface area contributed by atoms with E-state index in [9.17, 15) is 4.79 Å². The molecule has 4 heteroatoms. The van der Waals surface area contributed by atoms with Gasteiger partial charge in [-0.25, -0.2) is 0 Å². The fourth-order valence-electron chi connectivity index (χ4n) is 3.61. The van der Waals surface area contributed by atoms with Crippen LogP contribution in [0.2, 0.25) is 0 Å². The molecule has 1 atom stereocenters. The molecule has 1 aliphatic heterocycles. The van der Waals surface area contributed by atoms with Gasteiger partial charge in [-0.2, -0.15) is 0 Å². The van der Waals surface area contributed by atoms with Crippen LogP contribution in [0.5, 0.6) is 11.5 Å². The molecule has 2 aromatic rings. The van der Waals surface area contributed by atoms with E-state index in [0.717, 1.165) is 23.5 Å². The first kappa shape index (κ1) is 16.0. The summed E-state index contributed by atoms with van der Waals surface area (Å²) in [5.74, 6) is 1.63. The maximum atomic E-state index is 12.6. The van der Waals surface area contributed by atoms with Gasteiger partial charge in [-0.15, -0.1) is 0 Å². The smallest absolute Gasteiger partial charge is 0.226 e. The van der Waals surface area contributed by atoms with Crippen molar-refractivity contribution in [1.29, 1.82) is 0 Å². The number of para-hydroxylation sites is 2. The summed E-state index contributed by atoms with van der Waals surface area (Å²) in [6.45, 7) is 0.992. The molecule has 1 aliphatic carbocycles. The third-order valence-electron chi connectivity index (χ3n) is 4.99. The number of ether oxygens (including phenoxy) is 2. The summed E-state index contributed by atoms with van der Waals surface area (Å²) in [5.41, 5.74) is 3.95. The number of carbonyl (C=O) groups excluding carboxylic acids is 1. The van der Waals surface area contributed by atoms with Crippen molar-refractivity contribution >= 4 is 5.91 Å². The van der Waals surface area contributed by atoms with E-state index in [1.54, 1.807) is 4.90 Å². The van der Waals surface area contributed by atoms with Gasteiger partial charge in [0.05, 0.1) is 13.0 Å². The lowest BCUT2D eigenvalue weighted by Crippen LogP contribution is -2.42. The average molecular weight is 337 g/mol. The van der Waals surface area contributed by atoms with E-state index in [0.29, 0.717) is 19.6 Å². The van der Waals surface area contributed by atoms with E-state index < -0.39 is 0 Å². The highest BCUT2D eigenvalue weighted by Gasteiger charge is 2.24. The zero-order chi connectivity index (χ0) is 17.2. The quantitative estimate of drug-likeness (QED) is 0.861. The molecule has 1 heterocycles. The second kappa shape index (κ2) is 6.79. The molecule has 4 nitrogen and oxygen atoms in total. The highest BCUT2D eigenvalue weighted by molar-refractivity contribution is 5.78. The van der Waals surface area contributed by atoms with Crippen molar-refractivity contribution in [2.75, 3.05) is 20.2 Å². The monoisotopic (exact) mass is 337 g/mol. The fraction of sp³-hybridized carbons (Fsp3) is 0.381. The Morgan fingerprint density at radius 1 is 1.12 bits per heavy atom. The van der Waals surface area contributed by atoms with E-state index >= 15 is 0 Å². The second-order valence-corrected chi connectivity index (χ2v) is 6.91. The zero-order valence-corrected chi connectivity index (χ0v) is 14.5. The van der Waals surface area contributed by atoms with Crippen molar-refractivity contribution in [2.45, 2.75) is 31.8 Å². The van der Waals surface area contributed by atoms with Crippen molar-refractivity contribution in [1.82, 2.24) is 4.90 Å². The van der Waals surface area contributed by atoms with Crippen LogP contribution in [0.15, 0.2) is 42.5 Å². The SMILES string of the molecule is CN(C[C@H]1COc2ccccc2O1)C(=O)Cc1ccc2c(c1)CCC2. The first-order valence-corrected chi connectivity index (χ1v) is 8.92. The molecule has 2 aromatic carbocycles. The summed E-state index contributed by atoms with van der Waals surface area (Å²) in [7, 11) is 1.83. The van der Waals surface area contributed by atoms with E-state index in [4.69, 9.17) is 9.47 Å². The molecular weight excluding hydrogens is 314 g/mol. The predicted molar refractivity (Wildman–Crippen MR) is 96.2 cm³/mol. The van der Waals surface area contributed by atoms with Gasteiger partial charge in [0.15, 0.2) is 17.6 Å². The number of likely N-dealkylation sites (N-methyl/N-ethyl adjacent to an activating group) is 1. The maximum absolute atomic E-state index is 12.6. The van der Waals surface area contributed by atoms with E-state index in [1.165, 1.54) is 24.0 Å². The van der Waals surface area contributed by atoms with Gasteiger partial charge in [-0.05, 0) is 48.1 Å². The summed E-state index contributed by atoms with van der Waals surface area (Å²) in [4.78, 5) is 14.3. The fourth-order valence-corrected chi connectivity index (χ4v) is 3.61. The lowest BCUT2D eigenvalue weighted by Gasteiger charge is -2.29. The highest BCUT2D eigenvalue weighted by atomic mass is 16.6. The summed E-state index contributed by atoms with van der Waals surface area (Å²) in [6.07, 6.45) is 3.84. The Kier molecular flexibility index (Phi) is 4.35. The molecule has 0 aromatic heterocycles. The molecule has 130 valence electrons. The Balaban J connectivity index is 1.35. The average Bonchev–Trinajstić information content (AvgIpc) is 3.09. The maximum Gasteiger partial charge on any atom is 0.226 e. The molecule has 0 bridgehead atoms. The van der Waals surface area contributed by atoms with Crippen LogP contribution in [0, 0.1) is 0 Å². The van der Waals surface area contributed by atoms with Crippen LogP contribution < -0.4 is 9.47 Å². The summed E-state index contributed by atoms with van der Waals surface area (Å²) < 4.78 is 11.7. The molecule has 2 aliphatic rings. The molecule has 0 unspecified atom stereocenters. The molecule has 25 heavy (non-hydrogen) atoms. The number of carbonyl (C=O) groups is 1. The van der Waals surface area contributed by atoms with Gasteiger partial charge >= 0.3 is 0 Å². The van der Waals surface area contributed by atoms with Crippen LogP contribution in [-0.2, 0) is 24.1 Å². The summed E-state index contributed by atoms with van der Waals surface area (Å²) >= 11 is 0. The van der Waals surface area contributed by atoms with Crippen LogP contribution in [-0.4, -0.2) is 37.1 Å².